The van der Waals surface area contributed by atoms with Crippen molar-refractivity contribution in [1.82, 2.24) is 0 Å². The van der Waals surface area contributed by atoms with E-state index in [1.54, 1.807) is 54.6 Å². The van der Waals surface area contributed by atoms with Gasteiger partial charge in [-0.15, -0.1) is 0 Å². The van der Waals surface area contributed by atoms with Crippen LogP contribution in [0, 0.1) is 0 Å². The number of benzene rings is 3. The Bertz CT molecular complexity index is 1290. The lowest BCUT2D eigenvalue weighted by Gasteiger charge is -2.08. The number of methoxy groups -OCH3 is 1. The summed E-state index contributed by atoms with van der Waals surface area (Å²) >= 11 is 6.19. The van der Waals surface area contributed by atoms with E-state index >= 15 is 0 Å². The normalized spacial score (nSPS) is 10.7. The number of ether oxygens (including phenoxy) is 2. The minimum absolute atomic E-state index is 0.0201. The fourth-order valence-electron chi connectivity index (χ4n) is 3.32. The number of furan rings is 1. The molecule has 0 saturated carbocycles. The van der Waals surface area contributed by atoms with Crippen LogP contribution in [0.15, 0.2) is 71.1 Å². The Labute approximate surface area is 189 Å². The number of fused-ring (bicyclic) bond motifs is 1. The van der Waals surface area contributed by atoms with Crippen molar-refractivity contribution in [2.45, 2.75) is 6.92 Å². The van der Waals surface area contributed by atoms with Gasteiger partial charge in [-0.3, -0.25) is 9.59 Å². The number of amides is 1. The van der Waals surface area contributed by atoms with E-state index in [1.165, 1.54) is 13.2 Å². The Hall–Kier alpha value is -3.77. The van der Waals surface area contributed by atoms with Crippen LogP contribution in [0.1, 0.15) is 33.4 Å². The van der Waals surface area contributed by atoms with Crippen LogP contribution in [-0.4, -0.2) is 25.4 Å². The molecule has 3 aromatic carbocycles. The zero-order valence-electron chi connectivity index (χ0n) is 17.5. The summed E-state index contributed by atoms with van der Waals surface area (Å²) in [6.07, 6.45) is 0. The molecule has 0 aliphatic rings. The SMILES string of the molecule is CCOc1ccc(C(=O)Nc2c(C(=O)c3ccc(OC)c(Cl)c3)oc3ccccc23)cc1. The molecule has 0 aliphatic carbocycles. The molecule has 0 bridgehead atoms. The molecule has 4 rings (SSSR count). The molecule has 7 heteroatoms. The molecule has 0 aliphatic heterocycles. The molecule has 4 aromatic rings. The van der Waals surface area contributed by atoms with Crippen molar-refractivity contribution in [1.29, 1.82) is 0 Å². The van der Waals surface area contributed by atoms with E-state index in [0.29, 0.717) is 50.9 Å². The van der Waals surface area contributed by atoms with Crippen molar-refractivity contribution in [3.05, 3.63) is 88.6 Å². The second-order valence-electron chi connectivity index (χ2n) is 6.89. The van der Waals surface area contributed by atoms with Crippen molar-refractivity contribution >= 4 is 39.9 Å². The number of nitrogens with one attached hydrogen (secondary N) is 1. The largest absolute Gasteiger partial charge is 0.495 e. The summed E-state index contributed by atoms with van der Waals surface area (Å²) in [5, 5.41) is 3.76. The van der Waals surface area contributed by atoms with Crippen molar-refractivity contribution in [3.63, 3.8) is 0 Å². The summed E-state index contributed by atoms with van der Waals surface area (Å²) < 4.78 is 16.4. The Balaban J connectivity index is 1.71. The van der Waals surface area contributed by atoms with Gasteiger partial charge in [0, 0.05) is 16.5 Å². The van der Waals surface area contributed by atoms with Gasteiger partial charge in [0.1, 0.15) is 17.1 Å². The van der Waals surface area contributed by atoms with Crippen LogP contribution in [0.5, 0.6) is 11.5 Å². The van der Waals surface area contributed by atoms with Crippen LogP contribution in [0.2, 0.25) is 5.02 Å². The van der Waals surface area contributed by atoms with Gasteiger partial charge in [-0.2, -0.15) is 0 Å². The van der Waals surface area contributed by atoms with Gasteiger partial charge < -0.3 is 19.2 Å². The molecule has 1 aromatic heterocycles. The molecule has 1 amide bonds. The van der Waals surface area contributed by atoms with E-state index in [1.807, 2.05) is 13.0 Å². The highest BCUT2D eigenvalue weighted by Crippen LogP contribution is 2.34. The molecular weight excluding hydrogens is 430 g/mol. The van der Waals surface area contributed by atoms with Gasteiger partial charge in [-0.25, -0.2) is 0 Å². The van der Waals surface area contributed by atoms with Crippen molar-refractivity contribution in [2.24, 2.45) is 0 Å². The lowest BCUT2D eigenvalue weighted by molar-refractivity contribution is 0.101. The first-order chi connectivity index (χ1) is 15.5. The maximum Gasteiger partial charge on any atom is 0.255 e. The fraction of sp³-hybridized carbons (Fsp3) is 0.120. The quantitative estimate of drug-likeness (QED) is 0.351. The lowest BCUT2D eigenvalue weighted by atomic mass is 10.1. The zero-order valence-corrected chi connectivity index (χ0v) is 18.2. The van der Waals surface area contributed by atoms with Crippen LogP contribution in [0.3, 0.4) is 0 Å². The molecule has 0 atom stereocenters. The van der Waals surface area contributed by atoms with E-state index in [2.05, 4.69) is 5.32 Å². The number of hydrogen-bond acceptors (Lipinski definition) is 5. The van der Waals surface area contributed by atoms with Crippen molar-refractivity contribution < 1.29 is 23.5 Å². The number of rotatable bonds is 7. The van der Waals surface area contributed by atoms with Crippen LogP contribution in [0.25, 0.3) is 11.0 Å². The first-order valence-corrected chi connectivity index (χ1v) is 10.3. The minimum atomic E-state index is -0.409. The third-order valence-electron chi connectivity index (χ3n) is 4.88. The molecule has 0 unspecified atom stereocenters. The van der Waals surface area contributed by atoms with Crippen LogP contribution in [-0.2, 0) is 0 Å². The third-order valence-corrected chi connectivity index (χ3v) is 5.18. The van der Waals surface area contributed by atoms with Crippen LogP contribution >= 0.6 is 11.6 Å². The smallest absolute Gasteiger partial charge is 0.255 e. The Morgan fingerprint density at radius 1 is 1.00 bits per heavy atom. The first kappa shape index (κ1) is 21.5. The highest BCUT2D eigenvalue weighted by atomic mass is 35.5. The Morgan fingerprint density at radius 3 is 2.41 bits per heavy atom. The maximum atomic E-state index is 13.3. The van der Waals surface area contributed by atoms with E-state index in [0.717, 1.165) is 0 Å². The van der Waals surface area contributed by atoms with Gasteiger partial charge in [-0.1, -0.05) is 23.7 Å². The highest BCUT2D eigenvalue weighted by Gasteiger charge is 2.24. The minimum Gasteiger partial charge on any atom is -0.495 e. The molecule has 32 heavy (non-hydrogen) atoms. The summed E-state index contributed by atoms with van der Waals surface area (Å²) in [5.41, 5.74) is 1.52. The standard InChI is InChI=1S/C25H20ClNO5/c1-3-31-17-11-8-15(9-12-17)25(29)27-22-18-6-4-5-7-20(18)32-24(22)23(28)16-10-13-21(30-2)19(26)14-16/h4-14H,3H2,1-2H3,(H,27,29). The summed E-state index contributed by atoms with van der Waals surface area (Å²) in [4.78, 5) is 26.2. The van der Waals surface area contributed by atoms with Gasteiger partial charge in [0.05, 0.1) is 24.4 Å². The average molecular weight is 450 g/mol. The number of hydrogen-bond donors (Lipinski definition) is 1. The Morgan fingerprint density at radius 2 is 1.72 bits per heavy atom. The molecule has 0 saturated heterocycles. The van der Waals surface area contributed by atoms with Gasteiger partial charge in [0.2, 0.25) is 5.78 Å². The monoisotopic (exact) mass is 449 g/mol. The summed E-state index contributed by atoms with van der Waals surface area (Å²) in [6, 6.07) is 18.6. The molecule has 162 valence electrons. The average Bonchev–Trinajstić information content (AvgIpc) is 3.17. The molecule has 0 spiro atoms. The van der Waals surface area contributed by atoms with Crippen LogP contribution < -0.4 is 14.8 Å². The van der Waals surface area contributed by atoms with Gasteiger partial charge in [-0.05, 0) is 61.5 Å². The highest BCUT2D eigenvalue weighted by molar-refractivity contribution is 6.32. The predicted molar refractivity (Wildman–Crippen MR) is 123 cm³/mol. The van der Waals surface area contributed by atoms with E-state index in [9.17, 15) is 9.59 Å². The van der Waals surface area contributed by atoms with E-state index < -0.39 is 5.78 Å². The molecule has 6 nitrogen and oxygen atoms in total. The molecule has 0 radical (unpaired) electrons. The summed E-state index contributed by atoms with van der Waals surface area (Å²) in [5.74, 6) is 0.364. The van der Waals surface area contributed by atoms with Gasteiger partial charge >= 0.3 is 0 Å². The van der Waals surface area contributed by atoms with E-state index in [4.69, 9.17) is 25.5 Å². The van der Waals surface area contributed by atoms with Crippen molar-refractivity contribution in [2.75, 3.05) is 19.0 Å². The lowest BCUT2D eigenvalue weighted by Crippen LogP contribution is -2.14. The topological polar surface area (TPSA) is 77.8 Å². The second-order valence-corrected chi connectivity index (χ2v) is 7.30. The molecule has 1 heterocycles. The Kier molecular flexibility index (Phi) is 6.14. The number of para-hydroxylation sites is 1. The molecule has 1 N–H and O–H groups in total. The maximum absolute atomic E-state index is 13.3. The third kappa shape index (κ3) is 4.18. The van der Waals surface area contributed by atoms with Gasteiger partial charge in [0.15, 0.2) is 5.76 Å². The fourth-order valence-corrected chi connectivity index (χ4v) is 3.58. The zero-order chi connectivity index (χ0) is 22.7. The summed E-state index contributed by atoms with van der Waals surface area (Å²) in [6.45, 7) is 2.42. The predicted octanol–water partition coefficient (Wildman–Crippen LogP) is 5.98. The van der Waals surface area contributed by atoms with E-state index in [-0.39, 0.29) is 11.7 Å². The van der Waals surface area contributed by atoms with Crippen molar-refractivity contribution in [3.8, 4) is 11.5 Å². The number of carbonyl (C=O) groups is 2. The first-order valence-electron chi connectivity index (χ1n) is 9.95. The number of ketones is 1. The second kappa shape index (κ2) is 9.16. The number of anilines is 1. The summed E-state index contributed by atoms with van der Waals surface area (Å²) in [7, 11) is 1.50. The number of carbonyl (C=O) groups excluding carboxylic acids is 2. The van der Waals surface area contributed by atoms with Crippen LogP contribution in [0.4, 0.5) is 5.69 Å². The molecule has 0 fully saturated rings. The number of halogens is 1. The molecular formula is C25H20ClNO5. The van der Waals surface area contributed by atoms with Gasteiger partial charge in [0.25, 0.3) is 5.91 Å².